The summed E-state index contributed by atoms with van der Waals surface area (Å²) in [6.45, 7) is 3.82. The monoisotopic (exact) mass is 343 g/mol. The number of ether oxygens (including phenoxy) is 1. The van der Waals surface area contributed by atoms with Gasteiger partial charge in [-0.25, -0.2) is 0 Å². The number of H-pyrrole nitrogens is 1. The zero-order valence-electron chi connectivity index (χ0n) is 13.8. The van der Waals surface area contributed by atoms with Crippen molar-refractivity contribution < 1.29 is 14.4 Å². The van der Waals surface area contributed by atoms with Crippen LogP contribution in [0.5, 0.6) is 11.5 Å². The zero-order chi connectivity index (χ0) is 17.6. The topological polar surface area (TPSA) is 115 Å². The molecule has 0 aliphatic heterocycles. The van der Waals surface area contributed by atoms with Gasteiger partial charge in [-0.3, -0.25) is 9.89 Å². The second-order valence-corrected chi connectivity index (χ2v) is 5.90. The summed E-state index contributed by atoms with van der Waals surface area (Å²) >= 11 is 0. The zero-order valence-corrected chi connectivity index (χ0v) is 13.8. The Morgan fingerprint density at radius 3 is 2.92 bits per heavy atom. The highest BCUT2D eigenvalue weighted by molar-refractivity contribution is 5.97. The number of nitrogens with one attached hydrogen (secondary N) is 2. The Kier molecular flexibility index (Phi) is 5.17. The first kappa shape index (κ1) is 16.8. The van der Waals surface area contributed by atoms with Gasteiger partial charge < -0.3 is 20.6 Å². The first-order valence-electron chi connectivity index (χ1n) is 8.17. The summed E-state index contributed by atoms with van der Waals surface area (Å²) in [5.41, 5.74) is 6.58. The van der Waals surface area contributed by atoms with Gasteiger partial charge in [-0.2, -0.15) is 5.10 Å². The number of hydrogen-bond acceptors (Lipinski definition) is 6. The summed E-state index contributed by atoms with van der Waals surface area (Å²) in [7, 11) is 0. The normalized spacial score (nSPS) is 14.2. The van der Waals surface area contributed by atoms with E-state index in [9.17, 15) is 4.79 Å². The minimum atomic E-state index is -0.540. The molecule has 0 atom stereocenters. The molecule has 3 rings (SSSR count). The van der Waals surface area contributed by atoms with Crippen molar-refractivity contribution in [3.8, 4) is 11.5 Å². The summed E-state index contributed by atoms with van der Waals surface area (Å²) in [5.74, 6) is 1.12. The predicted octanol–water partition coefficient (Wildman–Crippen LogP) is 2.44. The van der Waals surface area contributed by atoms with Crippen LogP contribution in [0.2, 0.25) is 0 Å². The van der Waals surface area contributed by atoms with Gasteiger partial charge in [0.25, 0.3) is 5.91 Å². The smallest absolute Gasteiger partial charge is 0.254 e. The Morgan fingerprint density at radius 1 is 1.40 bits per heavy atom. The maximum Gasteiger partial charge on any atom is 0.254 e. The van der Waals surface area contributed by atoms with Gasteiger partial charge in [-0.05, 0) is 43.4 Å². The number of aromatic nitrogens is 2. The van der Waals surface area contributed by atoms with E-state index in [0.29, 0.717) is 29.4 Å². The first-order chi connectivity index (χ1) is 12.2. The quantitative estimate of drug-likeness (QED) is 0.503. The third kappa shape index (κ3) is 4.09. The number of nitrogens with two attached hydrogens (primary N) is 1. The fourth-order valence-electron chi connectivity index (χ4n) is 2.88. The lowest BCUT2D eigenvalue weighted by Crippen LogP contribution is -2.13. The van der Waals surface area contributed by atoms with Crippen LogP contribution in [0.1, 0.15) is 41.6 Å². The fraction of sp³-hybridized carbons (Fsp3) is 0.353. The Morgan fingerprint density at radius 2 is 2.20 bits per heavy atom. The molecule has 1 saturated carbocycles. The fourth-order valence-corrected chi connectivity index (χ4v) is 2.88. The van der Waals surface area contributed by atoms with Crippen LogP contribution in [0.3, 0.4) is 0 Å². The highest BCUT2D eigenvalue weighted by Crippen LogP contribution is 2.33. The maximum absolute atomic E-state index is 11.3. The van der Waals surface area contributed by atoms with E-state index in [1.54, 1.807) is 6.07 Å². The van der Waals surface area contributed by atoms with Crippen molar-refractivity contribution in [2.45, 2.75) is 38.3 Å². The average Bonchev–Trinajstić information content (AvgIpc) is 3.26. The van der Waals surface area contributed by atoms with Crippen LogP contribution in [-0.4, -0.2) is 28.9 Å². The molecule has 1 aromatic carbocycles. The lowest BCUT2D eigenvalue weighted by Gasteiger charge is -2.16. The molecule has 0 bridgehead atoms. The van der Waals surface area contributed by atoms with E-state index in [0.717, 1.165) is 18.4 Å². The molecule has 1 amide bonds. The van der Waals surface area contributed by atoms with Crippen LogP contribution in [0.4, 0.5) is 5.82 Å². The number of aromatic amines is 1. The highest BCUT2D eigenvalue weighted by Gasteiger charge is 2.19. The molecule has 0 radical (unpaired) electrons. The number of primary amides is 1. The Bertz CT molecular complexity index is 752. The number of benzene rings is 1. The van der Waals surface area contributed by atoms with E-state index in [2.05, 4.69) is 27.4 Å². The largest absolute Gasteiger partial charge is 0.486 e. The highest BCUT2D eigenvalue weighted by atomic mass is 16.6. The van der Waals surface area contributed by atoms with Crippen LogP contribution >= 0.6 is 0 Å². The van der Waals surface area contributed by atoms with Gasteiger partial charge >= 0.3 is 0 Å². The van der Waals surface area contributed by atoms with Crippen LogP contribution in [0.15, 0.2) is 29.6 Å². The second-order valence-electron chi connectivity index (χ2n) is 5.90. The molecule has 8 heteroatoms. The number of anilines is 1. The molecule has 1 aliphatic rings. The number of rotatable bonds is 8. The molecule has 132 valence electrons. The van der Waals surface area contributed by atoms with E-state index in [1.165, 1.54) is 19.0 Å². The van der Waals surface area contributed by atoms with Gasteiger partial charge in [-0.1, -0.05) is 11.2 Å². The molecule has 8 nitrogen and oxygen atoms in total. The summed E-state index contributed by atoms with van der Waals surface area (Å²) in [6, 6.07) is 5.57. The lowest BCUT2D eigenvalue weighted by atomic mass is 10.2. The first-order valence-corrected chi connectivity index (χ1v) is 8.17. The van der Waals surface area contributed by atoms with Gasteiger partial charge in [0, 0.05) is 13.3 Å². The van der Waals surface area contributed by atoms with Crippen molar-refractivity contribution in [3.05, 3.63) is 35.5 Å². The van der Waals surface area contributed by atoms with Gasteiger partial charge in [0.05, 0.1) is 12.3 Å². The minimum absolute atomic E-state index is 0.199. The van der Waals surface area contributed by atoms with Gasteiger partial charge in [0.2, 0.25) is 0 Å². The van der Waals surface area contributed by atoms with E-state index in [4.69, 9.17) is 15.3 Å². The summed E-state index contributed by atoms with van der Waals surface area (Å²) in [4.78, 5) is 16.5. The average molecular weight is 343 g/mol. The van der Waals surface area contributed by atoms with Crippen molar-refractivity contribution in [1.29, 1.82) is 0 Å². The lowest BCUT2D eigenvalue weighted by molar-refractivity contribution is 0.100. The molecule has 0 spiro atoms. The van der Waals surface area contributed by atoms with E-state index < -0.39 is 5.91 Å². The van der Waals surface area contributed by atoms with Crippen LogP contribution in [-0.2, 0) is 6.54 Å². The molecular weight excluding hydrogens is 322 g/mol. The van der Waals surface area contributed by atoms with Crippen molar-refractivity contribution in [1.82, 2.24) is 10.2 Å². The molecule has 1 fully saturated rings. The summed E-state index contributed by atoms with van der Waals surface area (Å²) in [6.07, 6.45) is 6.03. The maximum atomic E-state index is 11.3. The third-order valence-electron chi connectivity index (χ3n) is 4.14. The second kappa shape index (κ2) is 7.69. The Labute approximate surface area is 145 Å². The van der Waals surface area contributed by atoms with E-state index in [-0.39, 0.29) is 6.10 Å². The summed E-state index contributed by atoms with van der Waals surface area (Å²) in [5, 5.41) is 13.1. The van der Waals surface area contributed by atoms with Crippen LogP contribution in [0.25, 0.3) is 0 Å². The van der Waals surface area contributed by atoms with Gasteiger partial charge in [0.15, 0.2) is 11.5 Å². The number of amides is 1. The van der Waals surface area contributed by atoms with E-state index in [1.807, 2.05) is 12.1 Å². The van der Waals surface area contributed by atoms with Crippen molar-refractivity contribution in [3.63, 3.8) is 0 Å². The molecule has 1 aliphatic carbocycles. The molecule has 25 heavy (non-hydrogen) atoms. The number of nitrogens with zero attached hydrogens (tertiary/aromatic N) is 2. The molecule has 0 saturated heterocycles. The number of oxime groups is 1. The van der Waals surface area contributed by atoms with E-state index >= 15 is 0 Å². The standard InChI is InChI=1S/C17H21N5O3/c1-19-25-14-7-6-11(8-15(14)24-12-4-2-3-5-12)9-20-17-13(16(18)23)10-21-22-17/h6-8,10,12H,1-5,9H2,(H2,18,23)(H2,20,21,22). The number of carbonyl (C=O) groups excluding carboxylic acids is 1. The van der Waals surface area contributed by atoms with Crippen LogP contribution < -0.4 is 20.6 Å². The predicted molar refractivity (Wildman–Crippen MR) is 93.9 cm³/mol. The minimum Gasteiger partial charge on any atom is -0.486 e. The summed E-state index contributed by atoms with van der Waals surface area (Å²) < 4.78 is 6.06. The molecule has 2 aromatic rings. The SMILES string of the molecule is C=NOc1ccc(CNc2[nH]ncc2C(N)=O)cc1OC1CCCC1. The Hall–Kier alpha value is -3.03. The molecular formula is C17H21N5O3. The number of carbonyl (C=O) groups is 1. The van der Waals surface area contributed by atoms with Gasteiger partial charge in [0.1, 0.15) is 11.4 Å². The third-order valence-corrected chi connectivity index (χ3v) is 4.14. The van der Waals surface area contributed by atoms with Crippen molar-refractivity contribution in [2.24, 2.45) is 10.9 Å². The molecule has 4 N–H and O–H groups in total. The Balaban J connectivity index is 1.73. The molecule has 0 unspecified atom stereocenters. The molecule has 1 aromatic heterocycles. The number of hydrogen-bond donors (Lipinski definition) is 3. The molecule has 1 heterocycles. The van der Waals surface area contributed by atoms with Crippen LogP contribution in [0, 0.1) is 0 Å². The van der Waals surface area contributed by atoms with Crippen molar-refractivity contribution in [2.75, 3.05) is 5.32 Å². The van der Waals surface area contributed by atoms with Gasteiger partial charge in [-0.15, -0.1) is 0 Å². The van der Waals surface area contributed by atoms with Crippen molar-refractivity contribution >= 4 is 18.4 Å².